The fraction of sp³-hybridized carbons (Fsp3) is 0.143. The summed E-state index contributed by atoms with van der Waals surface area (Å²) in [6.45, 7) is -0.262. The number of rotatable bonds is 6. The summed E-state index contributed by atoms with van der Waals surface area (Å²) in [4.78, 5) is 25.3. The largest absolute Gasteiger partial charge is 0.497 e. The number of carbonyl (C=O) groups is 1. The van der Waals surface area contributed by atoms with E-state index in [0.717, 1.165) is 10.2 Å². The van der Waals surface area contributed by atoms with E-state index in [1.807, 2.05) is 30.3 Å². The number of hydrogen-bond acceptors (Lipinski definition) is 6. The fourth-order valence-electron chi connectivity index (χ4n) is 3.04. The molecule has 2 aromatic carbocycles. The number of carbonyl (C=O) groups excluding carboxylic acids is 1. The smallest absolute Gasteiger partial charge is 0.293 e. The number of amides is 1. The second kappa shape index (κ2) is 8.08. The number of anilines is 1. The van der Waals surface area contributed by atoms with Gasteiger partial charge in [0.15, 0.2) is 0 Å². The molecule has 4 aromatic rings. The van der Waals surface area contributed by atoms with E-state index in [0.29, 0.717) is 28.4 Å². The molecule has 30 heavy (non-hydrogen) atoms. The van der Waals surface area contributed by atoms with E-state index in [-0.39, 0.29) is 6.54 Å². The molecular weight excluding hydrogens is 386 g/mol. The van der Waals surface area contributed by atoms with Crippen LogP contribution in [0.4, 0.5) is 5.69 Å². The van der Waals surface area contributed by atoms with Crippen LogP contribution in [0.25, 0.3) is 16.8 Å². The van der Waals surface area contributed by atoms with Crippen molar-refractivity contribution in [2.24, 2.45) is 0 Å². The molecule has 2 heterocycles. The second-order valence-corrected chi connectivity index (χ2v) is 6.43. The lowest BCUT2D eigenvalue weighted by molar-refractivity contribution is -0.117. The van der Waals surface area contributed by atoms with Crippen molar-refractivity contribution in [3.63, 3.8) is 0 Å². The first-order valence-electron chi connectivity index (χ1n) is 9.12. The predicted molar refractivity (Wildman–Crippen MR) is 111 cm³/mol. The zero-order valence-electron chi connectivity index (χ0n) is 16.4. The summed E-state index contributed by atoms with van der Waals surface area (Å²) < 4.78 is 12.9. The average molecular weight is 405 g/mol. The summed E-state index contributed by atoms with van der Waals surface area (Å²) in [5.74, 6) is 0.613. The molecule has 9 heteroatoms. The van der Waals surface area contributed by atoms with Crippen molar-refractivity contribution in [2.45, 2.75) is 6.54 Å². The molecule has 0 radical (unpaired) electrons. The highest BCUT2D eigenvalue weighted by Gasteiger charge is 2.14. The van der Waals surface area contributed by atoms with Crippen LogP contribution in [0, 0.1) is 0 Å². The Morgan fingerprint density at radius 3 is 2.60 bits per heavy atom. The van der Waals surface area contributed by atoms with Crippen molar-refractivity contribution in [1.29, 1.82) is 0 Å². The van der Waals surface area contributed by atoms with E-state index in [2.05, 4.69) is 15.5 Å². The number of fused-ring (bicyclic) bond motifs is 1. The maximum atomic E-state index is 12.8. The summed E-state index contributed by atoms with van der Waals surface area (Å²) in [5.41, 5.74) is 1.88. The molecule has 0 saturated carbocycles. The number of ether oxygens (including phenoxy) is 2. The molecule has 1 amide bonds. The maximum Gasteiger partial charge on any atom is 0.293 e. The molecule has 0 saturated heterocycles. The normalized spacial score (nSPS) is 10.7. The highest BCUT2D eigenvalue weighted by molar-refractivity contribution is 5.92. The standard InChI is InChI=1S/C21H19N5O4/c1-29-15-8-9-19(30-2)17(10-15)23-20(27)12-25-21(28)18-11-16(24-26(18)13-22-25)14-6-4-3-5-7-14/h3-11,13H,12H2,1-2H3,(H,23,27). The summed E-state index contributed by atoms with van der Waals surface area (Å²) in [6, 6.07) is 16.2. The molecule has 0 aliphatic heterocycles. The van der Waals surface area contributed by atoms with Gasteiger partial charge in [0, 0.05) is 11.6 Å². The molecule has 152 valence electrons. The minimum atomic E-state index is -0.427. The van der Waals surface area contributed by atoms with Gasteiger partial charge in [-0.15, -0.1) is 0 Å². The zero-order valence-corrected chi connectivity index (χ0v) is 16.4. The Balaban J connectivity index is 1.59. The lowest BCUT2D eigenvalue weighted by atomic mass is 10.1. The molecule has 1 N–H and O–H groups in total. The molecule has 0 spiro atoms. The molecule has 0 aliphatic rings. The first-order chi connectivity index (χ1) is 14.6. The number of methoxy groups -OCH3 is 2. The van der Waals surface area contributed by atoms with Crippen molar-refractivity contribution < 1.29 is 14.3 Å². The molecule has 0 atom stereocenters. The minimum absolute atomic E-state index is 0.262. The summed E-state index contributed by atoms with van der Waals surface area (Å²) in [6.07, 6.45) is 1.41. The van der Waals surface area contributed by atoms with E-state index < -0.39 is 11.5 Å². The Labute approximate surface area is 171 Å². The monoisotopic (exact) mass is 405 g/mol. The van der Waals surface area contributed by atoms with Crippen molar-refractivity contribution in [2.75, 3.05) is 19.5 Å². The molecule has 4 rings (SSSR count). The van der Waals surface area contributed by atoms with Gasteiger partial charge in [-0.2, -0.15) is 10.2 Å². The van der Waals surface area contributed by atoms with Crippen LogP contribution in [0.1, 0.15) is 0 Å². The number of aromatic nitrogens is 4. The molecule has 2 aromatic heterocycles. The number of hydrogen-bond donors (Lipinski definition) is 1. The van der Waals surface area contributed by atoms with Gasteiger partial charge in [-0.05, 0) is 18.2 Å². The van der Waals surface area contributed by atoms with E-state index in [1.165, 1.54) is 25.1 Å². The minimum Gasteiger partial charge on any atom is -0.497 e. The van der Waals surface area contributed by atoms with Gasteiger partial charge in [-0.1, -0.05) is 30.3 Å². The van der Waals surface area contributed by atoms with Crippen LogP contribution in [0.5, 0.6) is 11.5 Å². The van der Waals surface area contributed by atoms with Gasteiger partial charge >= 0.3 is 0 Å². The van der Waals surface area contributed by atoms with Crippen LogP contribution in [-0.2, 0) is 11.3 Å². The van der Waals surface area contributed by atoms with Gasteiger partial charge in [-0.3, -0.25) is 9.59 Å². The first-order valence-corrected chi connectivity index (χ1v) is 9.12. The SMILES string of the molecule is COc1ccc(OC)c(NC(=O)Cn2ncn3nc(-c4ccccc4)cc3c2=O)c1. The van der Waals surface area contributed by atoms with Gasteiger partial charge in [0.05, 0.1) is 25.6 Å². The van der Waals surface area contributed by atoms with Crippen LogP contribution in [-0.4, -0.2) is 39.5 Å². The zero-order chi connectivity index (χ0) is 21.1. The van der Waals surface area contributed by atoms with Crippen molar-refractivity contribution in [1.82, 2.24) is 19.4 Å². The molecule has 0 fully saturated rings. The van der Waals surface area contributed by atoms with Gasteiger partial charge in [0.25, 0.3) is 5.56 Å². The topological polar surface area (TPSA) is 99.8 Å². The first kappa shape index (κ1) is 19.2. The lowest BCUT2D eigenvalue weighted by Gasteiger charge is -2.12. The summed E-state index contributed by atoms with van der Waals surface area (Å²) in [5, 5.41) is 11.2. The second-order valence-electron chi connectivity index (χ2n) is 6.43. The number of benzene rings is 2. The Bertz CT molecular complexity index is 1260. The average Bonchev–Trinajstić information content (AvgIpc) is 3.21. The molecule has 0 bridgehead atoms. The quantitative estimate of drug-likeness (QED) is 0.528. The Morgan fingerprint density at radius 1 is 1.07 bits per heavy atom. The van der Waals surface area contributed by atoms with Crippen LogP contribution in [0.15, 0.2) is 65.7 Å². The maximum absolute atomic E-state index is 12.8. The van der Waals surface area contributed by atoms with Crippen LogP contribution >= 0.6 is 0 Å². The van der Waals surface area contributed by atoms with Gasteiger partial charge in [0.1, 0.15) is 29.9 Å². The summed E-state index contributed by atoms with van der Waals surface area (Å²) >= 11 is 0. The van der Waals surface area contributed by atoms with Crippen LogP contribution in [0.3, 0.4) is 0 Å². The third kappa shape index (κ3) is 3.72. The van der Waals surface area contributed by atoms with E-state index in [4.69, 9.17) is 9.47 Å². The highest BCUT2D eigenvalue weighted by Crippen LogP contribution is 2.28. The fourth-order valence-corrected chi connectivity index (χ4v) is 3.04. The lowest BCUT2D eigenvalue weighted by Crippen LogP contribution is -2.30. The third-order valence-electron chi connectivity index (χ3n) is 4.53. The van der Waals surface area contributed by atoms with Crippen LogP contribution in [0.2, 0.25) is 0 Å². The highest BCUT2D eigenvalue weighted by atomic mass is 16.5. The molecule has 0 aliphatic carbocycles. The Hall–Kier alpha value is -4.14. The number of nitrogens with one attached hydrogen (secondary N) is 1. The van der Waals surface area contributed by atoms with E-state index in [1.54, 1.807) is 24.3 Å². The van der Waals surface area contributed by atoms with Gasteiger partial charge < -0.3 is 14.8 Å². The Kier molecular flexibility index (Phi) is 5.17. The van der Waals surface area contributed by atoms with Crippen LogP contribution < -0.4 is 20.3 Å². The van der Waals surface area contributed by atoms with E-state index >= 15 is 0 Å². The van der Waals surface area contributed by atoms with Crippen molar-refractivity contribution >= 4 is 17.1 Å². The predicted octanol–water partition coefficient (Wildman–Crippen LogP) is 2.21. The Morgan fingerprint density at radius 2 is 1.87 bits per heavy atom. The van der Waals surface area contributed by atoms with Crippen molar-refractivity contribution in [3.05, 3.63) is 71.3 Å². The number of nitrogens with zero attached hydrogens (tertiary/aromatic N) is 4. The molecule has 0 unspecified atom stereocenters. The third-order valence-corrected chi connectivity index (χ3v) is 4.53. The van der Waals surface area contributed by atoms with E-state index in [9.17, 15) is 9.59 Å². The van der Waals surface area contributed by atoms with Crippen molar-refractivity contribution in [3.8, 4) is 22.8 Å². The summed E-state index contributed by atoms with van der Waals surface area (Å²) in [7, 11) is 3.03. The molecule has 9 nitrogen and oxygen atoms in total. The van der Waals surface area contributed by atoms with Gasteiger partial charge in [0.2, 0.25) is 5.91 Å². The molecular formula is C21H19N5O4. The van der Waals surface area contributed by atoms with Gasteiger partial charge in [-0.25, -0.2) is 9.20 Å².